The van der Waals surface area contributed by atoms with Crippen molar-refractivity contribution in [3.63, 3.8) is 0 Å². The van der Waals surface area contributed by atoms with Gasteiger partial charge in [0.1, 0.15) is 5.82 Å². The molecule has 0 heterocycles. The molecule has 0 aliphatic heterocycles. The topological polar surface area (TPSA) is 87.3 Å². The average Bonchev–Trinajstić information content (AvgIpc) is 2.66. The lowest BCUT2D eigenvalue weighted by molar-refractivity contribution is -0.127. The summed E-state index contributed by atoms with van der Waals surface area (Å²) in [7, 11) is 0. The van der Waals surface area contributed by atoms with Gasteiger partial charge in [0, 0.05) is 28.4 Å². The molecule has 0 saturated heterocycles. The minimum absolute atomic E-state index is 0.0138. The number of nitrogens with one attached hydrogen (secondary N) is 3. The van der Waals surface area contributed by atoms with E-state index in [1.807, 2.05) is 0 Å². The number of benzene rings is 2. The summed E-state index contributed by atoms with van der Waals surface area (Å²) in [6.07, 6.45) is -0.0138. The molecule has 0 aliphatic carbocycles. The van der Waals surface area contributed by atoms with Crippen molar-refractivity contribution >= 4 is 41.1 Å². The van der Waals surface area contributed by atoms with Crippen LogP contribution in [0.25, 0.3) is 0 Å². The molecule has 0 saturated carbocycles. The fourth-order valence-corrected chi connectivity index (χ4v) is 2.80. The van der Waals surface area contributed by atoms with Crippen LogP contribution in [0.5, 0.6) is 0 Å². The lowest BCUT2D eigenvalue weighted by Gasteiger charge is -2.08. The Morgan fingerprint density at radius 2 is 1.63 bits per heavy atom. The maximum atomic E-state index is 13.4. The minimum Gasteiger partial charge on any atom is -0.352 e. The Morgan fingerprint density at radius 3 is 2.33 bits per heavy atom. The van der Waals surface area contributed by atoms with Gasteiger partial charge in [-0.3, -0.25) is 25.2 Å². The van der Waals surface area contributed by atoms with E-state index >= 15 is 0 Å². The summed E-state index contributed by atoms with van der Waals surface area (Å²) in [5.41, 5.74) is 4.91. The Kier molecular flexibility index (Phi) is 8.09. The zero-order valence-electron chi connectivity index (χ0n) is 14.1. The van der Waals surface area contributed by atoms with Gasteiger partial charge in [0.25, 0.3) is 5.91 Å². The van der Waals surface area contributed by atoms with Crippen molar-refractivity contribution in [1.29, 1.82) is 0 Å². The molecule has 142 valence electrons. The number of amides is 3. The highest BCUT2D eigenvalue weighted by Gasteiger charge is 2.09. The maximum absolute atomic E-state index is 13.4. The number of hydrazine groups is 1. The molecule has 2 aromatic carbocycles. The van der Waals surface area contributed by atoms with Crippen molar-refractivity contribution in [2.75, 3.05) is 12.3 Å². The lowest BCUT2D eigenvalue weighted by Crippen LogP contribution is -2.43. The molecular weight excluding hydrogens is 393 g/mol. The summed E-state index contributed by atoms with van der Waals surface area (Å²) < 4.78 is 13.4. The second kappa shape index (κ2) is 10.5. The van der Waals surface area contributed by atoms with E-state index in [4.69, 9.17) is 11.6 Å². The predicted octanol–water partition coefficient (Wildman–Crippen LogP) is 2.54. The molecule has 0 aliphatic rings. The Hall–Kier alpha value is -2.58. The van der Waals surface area contributed by atoms with Gasteiger partial charge in [-0.1, -0.05) is 23.7 Å². The zero-order valence-corrected chi connectivity index (χ0v) is 15.7. The van der Waals surface area contributed by atoms with Gasteiger partial charge in [-0.25, -0.2) is 4.39 Å². The molecule has 0 spiro atoms. The molecule has 0 radical (unpaired) electrons. The zero-order chi connectivity index (χ0) is 19.6. The number of hydrogen-bond donors (Lipinski definition) is 3. The monoisotopic (exact) mass is 409 g/mol. The van der Waals surface area contributed by atoms with E-state index in [-0.39, 0.29) is 24.6 Å². The molecule has 27 heavy (non-hydrogen) atoms. The van der Waals surface area contributed by atoms with Gasteiger partial charge >= 0.3 is 0 Å². The van der Waals surface area contributed by atoms with Crippen molar-refractivity contribution in [2.45, 2.75) is 11.3 Å². The Bertz CT molecular complexity index is 818. The van der Waals surface area contributed by atoms with Crippen molar-refractivity contribution in [3.05, 3.63) is 64.9 Å². The molecule has 6 nitrogen and oxygen atoms in total. The van der Waals surface area contributed by atoms with Gasteiger partial charge in [0.2, 0.25) is 11.8 Å². The second-order valence-electron chi connectivity index (χ2n) is 5.33. The molecule has 9 heteroatoms. The lowest BCUT2D eigenvalue weighted by atomic mass is 10.2. The number of rotatable bonds is 7. The predicted molar refractivity (Wildman–Crippen MR) is 102 cm³/mol. The van der Waals surface area contributed by atoms with Crippen molar-refractivity contribution in [3.8, 4) is 0 Å². The van der Waals surface area contributed by atoms with Crippen molar-refractivity contribution < 1.29 is 18.8 Å². The summed E-state index contributed by atoms with van der Waals surface area (Å²) in [5, 5.41) is 3.11. The first-order chi connectivity index (χ1) is 13.0. The van der Waals surface area contributed by atoms with E-state index in [2.05, 4.69) is 16.2 Å². The minimum atomic E-state index is -0.471. The van der Waals surface area contributed by atoms with E-state index in [0.29, 0.717) is 15.5 Å². The van der Waals surface area contributed by atoms with Gasteiger partial charge < -0.3 is 5.32 Å². The van der Waals surface area contributed by atoms with Crippen LogP contribution in [0.2, 0.25) is 5.02 Å². The van der Waals surface area contributed by atoms with Crippen LogP contribution >= 0.6 is 23.4 Å². The first-order valence-electron chi connectivity index (χ1n) is 7.94. The molecule has 0 fully saturated rings. The highest BCUT2D eigenvalue weighted by Crippen LogP contribution is 2.20. The average molecular weight is 410 g/mol. The fourth-order valence-electron chi connectivity index (χ4n) is 1.94. The molecule has 0 atom stereocenters. The summed E-state index contributed by atoms with van der Waals surface area (Å²) >= 11 is 6.77. The van der Waals surface area contributed by atoms with Gasteiger partial charge in [0.15, 0.2) is 0 Å². The van der Waals surface area contributed by atoms with Gasteiger partial charge in [0.05, 0.1) is 5.75 Å². The quantitative estimate of drug-likeness (QED) is 0.484. The molecule has 0 aromatic heterocycles. The molecule has 3 amide bonds. The SMILES string of the molecule is O=C(CCNC(=O)c1ccc(Cl)cc1)NNC(=O)CSc1ccccc1F. The number of halogens is 2. The van der Waals surface area contributed by atoms with Crippen molar-refractivity contribution in [1.82, 2.24) is 16.2 Å². The summed E-state index contributed by atoms with van der Waals surface area (Å²) in [4.78, 5) is 35.6. The summed E-state index contributed by atoms with van der Waals surface area (Å²) in [6.45, 7) is 0.104. The molecular formula is C18H17ClFN3O3S. The standard InChI is InChI=1S/C18H17ClFN3O3S/c19-13-7-5-12(6-8-13)18(26)21-10-9-16(24)22-23-17(25)11-27-15-4-2-1-3-14(15)20/h1-8H,9-11H2,(H,21,26)(H,22,24)(H,23,25). The van der Waals surface area contributed by atoms with Gasteiger partial charge in [-0.05, 0) is 36.4 Å². The Morgan fingerprint density at radius 1 is 0.963 bits per heavy atom. The van der Waals surface area contributed by atoms with E-state index in [9.17, 15) is 18.8 Å². The van der Waals surface area contributed by atoms with Crippen molar-refractivity contribution in [2.24, 2.45) is 0 Å². The summed E-state index contributed by atoms with van der Waals surface area (Å²) in [5.74, 6) is -1.72. The molecule has 2 aromatic rings. The molecule has 0 unspecified atom stereocenters. The van der Waals surface area contributed by atoms with E-state index in [0.717, 1.165) is 11.8 Å². The van der Waals surface area contributed by atoms with E-state index < -0.39 is 17.6 Å². The van der Waals surface area contributed by atoms with Crippen LogP contribution in [0.15, 0.2) is 53.4 Å². The Balaban J connectivity index is 1.62. The number of thioether (sulfide) groups is 1. The molecule has 2 rings (SSSR count). The van der Waals surface area contributed by atoms with Crippen LogP contribution in [-0.2, 0) is 9.59 Å². The normalized spacial score (nSPS) is 10.1. The third kappa shape index (κ3) is 7.28. The first kappa shape index (κ1) is 20.7. The number of carbonyl (C=O) groups excluding carboxylic acids is 3. The van der Waals surface area contributed by atoms with Crippen LogP contribution in [0.1, 0.15) is 16.8 Å². The van der Waals surface area contributed by atoms with Crippen LogP contribution in [0.3, 0.4) is 0 Å². The summed E-state index contributed by atoms with van der Waals surface area (Å²) in [6, 6.07) is 12.4. The largest absolute Gasteiger partial charge is 0.352 e. The van der Waals surface area contributed by atoms with Gasteiger partial charge in [-0.15, -0.1) is 11.8 Å². The maximum Gasteiger partial charge on any atom is 0.251 e. The second-order valence-corrected chi connectivity index (χ2v) is 6.78. The van der Waals surface area contributed by atoms with Crippen LogP contribution < -0.4 is 16.2 Å². The highest BCUT2D eigenvalue weighted by molar-refractivity contribution is 8.00. The number of carbonyl (C=O) groups is 3. The smallest absolute Gasteiger partial charge is 0.251 e. The molecule has 3 N–H and O–H groups in total. The number of hydrogen-bond acceptors (Lipinski definition) is 4. The third-order valence-electron chi connectivity index (χ3n) is 3.28. The molecule has 0 bridgehead atoms. The highest BCUT2D eigenvalue weighted by atomic mass is 35.5. The van der Waals surface area contributed by atoms with E-state index in [1.165, 1.54) is 6.07 Å². The van der Waals surface area contributed by atoms with Crippen LogP contribution in [-0.4, -0.2) is 30.0 Å². The van der Waals surface area contributed by atoms with E-state index in [1.54, 1.807) is 42.5 Å². The van der Waals surface area contributed by atoms with Crippen LogP contribution in [0.4, 0.5) is 4.39 Å². The van der Waals surface area contributed by atoms with Gasteiger partial charge in [-0.2, -0.15) is 0 Å². The Labute approximate surface area is 164 Å². The third-order valence-corrected chi connectivity index (χ3v) is 4.58. The van der Waals surface area contributed by atoms with Crippen LogP contribution in [0, 0.1) is 5.82 Å². The first-order valence-corrected chi connectivity index (χ1v) is 9.31. The fraction of sp³-hybridized carbons (Fsp3) is 0.167.